The first kappa shape index (κ1) is 14.8. The predicted octanol–water partition coefficient (Wildman–Crippen LogP) is 3.86. The molecule has 3 aliphatic rings. The second kappa shape index (κ2) is 5.36. The first-order valence-corrected chi connectivity index (χ1v) is 9.18. The molecule has 1 aliphatic carbocycles. The molecule has 134 valence electrons. The zero-order valence-electron chi connectivity index (χ0n) is 14.5. The molecule has 2 aliphatic heterocycles. The van der Waals surface area contributed by atoms with E-state index in [-0.39, 0.29) is 18.5 Å². The fourth-order valence-electron chi connectivity index (χ4n) is 4.51. The first-order valence-electron chi connectivity index (χ1n) is 9.18. The van der Waals surface area contributed by atoms with Gasteiger partial charge in [0.25, 0.3) is 0 Å². The number of fused-ring (bicyclic) bond motifs is 4. The summed E-state index contributed by atoms with van der Waals surface area (Å²) in [5, 5.41) is 11.9. The highest BCUT2D eigenvalue weighted by molar-refractivity contribution is 6.03. The van der Waals surface area contributed by atoms with Crippen LogP contribution in [0.2, 0.25) is 0 Å². The van der Waals surface area contributed by atoms with Crippen LogP contribution in [0.4, 0.5) is 5.69 Å². The maximum Gasteiger partial charge on any atom is 0.231 e. The van der Waals surface area contributed by atoms with Crippen molar-refractivity contribution in [2.45, 2.75) is 25.2 Å². The molecule has 3 aromatic rings. The van der Waals surface area contributed by atoms with E-state index >= 15 is 0 Å². The lowest BCUT2D eigenvalue weighted by Crippen LogP contribution is -2.27. The summed E-state index contributed by atoms with van der Waals surface area (Å²) in [6, 6.07) is 10.1. The number of nitrogens with zero attached hydrogens (tertiary/aromatic N) is 1. The van der Waals surface area contributed by atoms with Crippen LogP contribution in [0.15, 0.2) is 47.8 Å². The van der Waals surface area contributed by atoms with Gasteiger partial charge in [-0.15, -0.1) is 0 Å². The van der Waals surface area contributed by atoms with Crippen LogP contribution < -0.4 is 14.8 Å². The molecule has 0 saturated carbocycles. The Hall–Kier alpha value is -3.28. The van der Waals surface area contributed by atoms with Crippen LogP contribution in [0, 0.1) is 0 Å². The molecule has 6 rings (SSSR count). The van der Waals surface area contributed by atoms with Gasteiger partial charge in [0.1, 0.15) is 0 Å². The van der Waals surface area contributed by atoms with Gasteiger partial charge in [-0.3, -0.25) is 9.89 Å². The van der Waals surface area contributed by atoms with Crippen molar-refractivity contribution < 1.29 is 14.3 Å². The summed E-state index contributed by atoms with van der Waals surface area (Å²) in [5.74, 6) is 1.54. The monoisotopic (exact) mass is 359 g/mol. The number of benzene rings is 2. The Bertz CT molecular complexity index is 1140. The number of hydrogen-bond donors (Lipinski definition) is 2. The number of carbonyl (C=O) groups is 1. The minimum absolute atomic E-state index is 0.150. The minimum Gasteiger partial charge on any atom is -0.454 e. The van der Waals surface area contributed by atoms with Crippen molar-refractivity contribution in [3.05, 3.63) is 58.9 Å². The molecule has 0 saturated heterocycles. The third-order valence-corrected chi connectivity index (χ3v) is 5.71. The number of nitrogens with one attached hydrogen (secondary N) is 2. The van der Waals surface area contributed by atoms with E-state index in [0.29, 0.717) is 6.42 Å². The van der Waals surface area contributed by atoms with E-state index in [1.807, 2.05) is 24.4 Å². The smallest absolute Gasteiger partial charge is 0.231 e. The van der Waals surface area contributed by atoms with Gasteiger partial charge in [-0.05, 0) is 42.7 Å². The van der Waals surface area contributed by atoms with E-state index in [1.165, 1.54) is 0 Å². The van der Waals surface area contributed by atoms with Crippen molar-refractivity contribution in [1.82, 2.24) is 10.2 Å². The van der Waals surface area contributed by atoms with Crippen LogP contribution in [0.3, 0.4) is 0 Å². The normalized spacial score (nSPS) is 20.4. The van der Waals surface area contributed by atoms with Crippen molar-refractivity contribution in [2.24, 2.45) is 0 Å². The summed E-state index contributed by atoms with van der Waals surface area (Å²) >= 11 is 0. The van der Waals surface area contributed by atoms with Gasteiger partial charge in [0, 0.05) is 40.2 Å². The third kappa shape index (κ3) is 2.07. The lowest BCUT2D eigenvalue weighted by atomic mass is 9.75. The van der Waals surface area contributed by atoms with E-state index in [1.54, 1.807) is 0 Å². The number of ketones is 1. The van der Waals surface area contributed by atoms with E-state index in [0.717, 1.165) is 63.3 Å². The van der Waals surface area contributed by atoms with Crippen LogP contribution in [0.25, 0.3) is 10.9 Å². The molecule has 2 aromatic carbocycles. The molecule has 27 heavy (non-hydrogen) atoms. The summed E-state index contributed by atoms with van der Waals surface area (Å²) in [6.07, 6.45) is 4.19. The van der Waals surface area contributed by atoms with Gasteiger partial charge < -0.3 is 14.8 Å². The molecule has 0 radical (unpaired) electrons. The number of rotatable bonds is 1. The number of hydrogen-bond acceptors (Lipinski definition) is 5. The topological polar surface area (TPSA) is 76.2 Å². The quantitative estimate of drug-likeness (QED) is 0.690. The van der Waals surface area contributed by atoms with Gasteiger partial charge in [0.2, 0.25) is 6.79 Å². The number of Topliss-reactive ketones (excluding diaryl/α,β-unsaturated/α-hetero) is 1. The van der Waals surface area contributed by atoms with Crippen LogP contribution >= 0.6 is 0 Å². The van der Waals surface area contributed by atoms with E-state index in [9.17, 15) is 4.79 Å². The fraction of sp³-hybridized carbons (Fsp3) is 0.238. The lowest BCUT2D eigenvalue weighted by molar-refractivity contribution is -0.116. The van der Waals surface area contributed by atoms with E-state index in [2.05, 4.69) is 27.6 Å². The first-order chi connectivity index (χ1) is 13.3. The fourth-order valence-corrected chi connectivity index (χ4v) is 4.51. The SMILES string of the molecule is O=C1CCCC2=C1C(c1ccc3c(c1)OCO3)c1c(ccc3cn[nH]c13)N2. The number of anilines is 1. The number of aromatic nitrogens is 2. The summed E-state index contributed by atoms with van der Waals surface area (Å²) in [5.41, 5.74) is 6.01. The maximum absolute atomic E-state index is 13.0. The van der Waals surface area contributed by atoms with Crippen LogP contribution in [-0.4, -0.2) is 22.8 Å². The van der Waals surface area contributed by atoms with Gasteiger partial charge >= 0.3 is 0 Å². The lowest BCUT2D eigenvalue weighted by Gasteiger charge is -2.34. The molecule has 0 amide bonds. The average molecular weight is 359 g/mol. The summed E-state index contributed by atoms with van der Waals surface area (Å²) in [7, 11) is 0. The third-order valence-electron chi connectivity index (χ3n) is 5.71. The van der Waals surface area contributed by atoms with Gasteiger partial charge in [0.15, 0.2) is 17.3 Å². The Balaban J connectivity index is 1.64. The van der Waals surface area contributed by atoms with Crippen molar-refractivity contribution in [3.63, 3.8) is 0 Å². The largest absolute Gasteiger partial charge is 0.454 e. The van der Waals surface area contributed by atoms with Crippen LogP contribution in [0.1, 0.15) is 36.3 Å². The molecule has 2 N–H and O–H groups in total. The molecular weight excluding hydrogens is 342 g/mol. The number of allylic oxidation sites excluding steroid dienone is 2. The molecule has 3 heterocycles. The molecule has 0 spiro atoms. The van der Waals surface area contributed by atoms with Gasteiger partial charge in [-0.25, -0.2) is 0 Å². The van der Waals surface area contributed by atoms with Gasteiger partial charge in [-0.1, -0.05) is 6.07 Å². The summed E-state index contributed by atoms with van der Waals surface area (Å²) in [4.78, 5) is 13.0. The molecule has 6 heteroatoms. The minimum atomic E-state index is -0.150. The van der Waals surface area contributed by atoms with Crippen molar-refractivity contribution in [3.8, 4) is 11.5 Å². The Labute approximate surface area is 155 Å². The number of carbonyl (C=O) groups excluding carboxylic acids is 1. The molecule has 1 aromatic heterocycles. The van der Waals surface area contributed by atoms with E-state index < -0.39 is 0 Å². The molecular formula is C21H17N3O3. The van der Waals surface area contributed by atoms with E-state index in [4.69, 9.17) is 9.47 Å². The molecule has 1 atom stereocenters. The Morgan fingerprint density at radius 1 is 1.07 bits per heavy atom. The summed E-state index contributed by atoms with van der Waals surface area (Å²) < 4.78 is 11.1. The second-order valence-corrected chi connectivity index (χ2v) is 7.20. The Morgan fingerprint density at radius 2 is 2.00 bits per heavy atom. The highest BCUT2D eigenvalue weighted by atomic mass is 16.7. The molecule has 0 fully saturated rings. The zero-order chi connectivity index (χ0) is 18.0. The number of ether oxygens (including phenoxy) is 2. The van der Waals surface area contributed by atoms with Gasteiger partial charge in [0.05, 0.1) is 11.7 Å². The average Bonchev–Trinajstić information content (AvgIpc) is 3.35. The molecule has 0 bridgehead atoms. The predicted molar refractivity (Wildman–Crippen MR) is 100 cm³/mol. The van der Waals surface area contributed by atoms with Gasteiger partial charge in [-0.2, -0.15) is 5.10 Å². The highest BCUT2D eigenvalue weighted by Crippen LogP contribution is 2.49. The highest BCUT2D eigenvalue weighted by Gasteiger charge is 2.37. The second-order valence-electron chi connectivity index (χ2n) is 7.20. The Morgan fingerprint density at radius 3 is 2.96 bits per heavy atom. The maximum atomic E-state index is 13.0. The zero-order valence-corrected chi connectivity index (χ0v) is 14.5. The van der Waals surface area contributed by atoms with Crippen LogP contribution in [0.5, 0.6) is 11.5 Å². The standard InChI is InChI=1S/C21H17N3O3/c25-15-3-1-2-13-19(15)18(11-5-7-16-17(8-11)27-10-26-16)20-14(23-13)6-4-12-9-22-24-21(12)20/h4-9,18,23H,1-3,10H2,(H,22,24). The van der Waals surface area contributed by atoms with Crippen LogP contribution in [-0.2, 0) is 4.79 Å². The van der Waals surface area contributed by atoms with Crippen molar-refractivity contribution in [1.29, 1.82) is 0 Å². The summed E-state index contributed by atoms with van der Waals surface area (Å²) in [6.45, 7) is 0.235. The number of aromatic amines is 1. The van der Waals surface area contributed by atoms with Crippen molar-refractivity contribution in [2.75, 3.05) is 12.1 Å². The molecule has 1 unspecified atom stereocenters. The molecule has 6 nitrogen and oxygen atoms in total. The number of H-pyrrole nitrogens is 1. The van der Waals surface area contributed by atoms with Crippen molar-refractivity contribution >= 4 is 22.4 Å². The Kier molecular flexibility index (Phi) is 2.95.